The summed E-state index contributed by atoms with van der Waals surface area (Å²) < 4.78 is 11.8. The van der Waals surface area contributed by atoms with Crippen LogP contribution in [0.15, 0.2) is 84.0 Å². The highest BCUT2D eigenvalue weighted by atomic mass is 28.4. The van der Waals surface area contributed by atoms with E-state index in [4.69, 9.17) is 9.16 Å². The normalized spacial score (nSPS) is 13.2. The Balaban J connectivity index is 2.29. The molecule has 33 heavy (non-hydrogen) atoms. The first-order valence-corrected chi connectivity index (χ1v) is 13.9. The van der Waals surface area contributed by atoms with E-state index in [-0.39, 0.29) is 11.0 Å². The highest BCUT2D eigenvalue weighted by molar-refractivity contribution is 6.99. The maximum Gasteiger partial charge on any atom is 0.333 e. The topological polar surface area (TPSA) is 35.5 Å². The van der Waals surface area contributed by atoms with Crippen LogP contribution in [0.3, 0.4) is 0 Å². The molecule has 0 saturated carbocycles. The quantitative estimate of drug-likeness (QED) is 0.172. The van der Waals surface area contributed by atoms with Crippen molar-refractivity contribution in [3.63, 3.8) is 0 Å². The summed E-state index contributed by atoms with van der Waals surface area (Å²) in [5.41, 5.74) is 2.10. The Morgan fingerprint density at radius 3 is 1.85 bits per heavy atom. The van der Waals surface area contributed by atoms with Gasteiger partial charge in [0.1, 0.15) is 0 Å². The predicted molar refractivity (Wildman–Crippen MR) is 142 cm³/mol. The number of hydrogen-bond acceptors (Lipinski definition) is 3. The Bertz CT molecular complexity index is 885. The fraction of sp³-hybridized carbons (Fsp3) is 0.414. The van der Waals surface area contributed by atoms with Crippen molar-refractivity contribution in [2.75, 3.05) is 13.7 Å². The SMILES string of the molecule is CC/C(=C\CO[Si](c1ccccc1)(c1ccccc1)C(C)(C)C)CC/C=C(\CC)C(=O)OC. The summed E-state index contributed by atoms with van der Waals surface area (Å²) in [6.45, 7) is 11.6. The van der Waals surface area contributed by atoms with E-state index in [2.05, 4.69) is 94.4 Å². The van der Waals surface area contributed by atoms with Crippen LogP contribution in [0.2, 0.25) is 5.04 Å². The van der Waals surface area contributed by atoms with Gasteiger partial charge < -0.3 is 9.16 Å². The van der Waals surface area contributed by atoms with Crippen molar-refractivity contribution in [1.82, 2.24) is 0 Å². The molecule has 3 nitrogen and oxygen atoms in total. The molecule has 0 aliphatic heterocycles. The van der Waals surface area contributed by atoms with Gasteiger partial charge in [0.05, 0.1) is 13.7 Å². The van der Waals surface area contributed by atoms with E-state index in [0.717, 1.165) is 24.8 Å². The van der Waals surface area contributed by atoms with Crippen molar-refractivity contribution < 1.29 is 14.0 Å². The lowest BCUT2D eigenvalue weighted by Crippen LogP contribution is -2.66. The summed E-state index contributed by atoms with van der Waals surface area (Å²) in [4.78, 5) is 11.8. The molecule has 0 spiro atoms. The van der Waals surface area contributed by atoms with Crippen molar-refractivity contribution in [2.24, 2.45) is 0 Å². The van der Waals surface area contributed by atoms with Crippen LogP contribution in [0.5, 0.6) is 0 Å². The molecule has 0 fully saturated rings. The van der Waals surface area contributed by atoms with Crippen LogP contribution in [0.25, 0.3) is 0 Å². The minimum Gasteiger partial charge on any atom is -0.466 e. The minimum absolute atomic E-state index is 0.0325. The second kappa shape index (κ2) is 12.7. The molecule has 0 aliphatic rings. The van der Waals surface area contributed by atoms with E-state index in [1.807, 2.05) is 13.0 Å². The number of ether oxygens (including phenoxy) is 1. The lowest BCUT2D eigenvalue weighted by molar-refractivity contribution is -0.136. The van der Waals surface area contributed by atoms with E-state index >= 15 is 0 Å². The highest BCUT2D eigenvalue weighted by Gasteiger charge is 2.49. The first-order chi connectivity index (χ1) is 15.8. The molecule has 0 aliphatic carbocycles. The van der Waals surface area contributed by atoms with E-state index < -0.39 is 8.32 Å². The zero-order valence-electron chi connectivity index (χ0n) is 21.2. The number of esters is 1. The van der Waals surface area contributed by atoms with Crippen molar-refractivity contribution in [2.45, 2.75) is 65.3 Å². The third kappa shape index (κ3) is 6.78. The Kier molecular flexibility index (Phi) is 10.3. The number of benzene rings is 2. The van der Waals surface area contributed by atoms with E-state index in [1.54, 1.807) is 0 Å². The van der Waals surface area contributed by atoms with Gasteiger partial charge in [0, 0.05) is 5.57 Å². The summed E-state index contributed by atoms with van der Waals surface area (Å²) in [7, 11) is -1.09. The zero-order chi connectivity index (χ0) is 24.3. The van der Waals surface area contributed by atoms with Crippen LogP contribution in [0.4, 0.5) is 0 Å². The number of allylic oxidation sites excluding steroid dienone is 2. The van der Waals surface area contributed by atoms with Gasteiger partial charge in [0.15, 0.2) is 0 Å². The molecule has 0 aromatic heterocycles. The summed E-state index contributed by atoms with van der Waals surface area (Å²) >= 11 is 0. The Labute approximate surface area is 201 Å². The van der Waals surface area contributed by atoms with Crippen LogP contribution in [0.1, 0.15) is 60.3 Å². The van der Waals surface area contributed by atoms with E-state index in [1.165, 1.54) is 23.1 Å². The first-order valence-electron chi connectivity index (χ1n) is 12.0. The predicted octanol–water partition coefficient (Wildman–Crippen LogP) is 6.19. The fourth-order valence-electron chi connectivity index (χ4n) is 4.40. The molecule has 0 N–H and O–H groups in total. The molecule has 0 radical (unpaired) electrons. The molecule has 0 amide bonds. The van der Waals surface area contributed by atoms with Crippen LogP contribution >= 0.6 is 0 Å². The molecule has 0 atom stereocenters. The largest absolute Gasteiger partial charge is 0.466 e. The first kappa shape index (κ1) is 26.8. The van der Waals surface area contributed by atoms with Gasteiger partial charge in [0.2, 0.25) is 0 Å². The number of hydrogen-bond donors (Lipinski definition) is 0. The van der Waals surface area contributed by atoms with Gasteiger partial charge in [-0.25, -0.2) is 4.79 Å². The van der Waals surface area contributed by atoms with Crippen molar-refractivity contribution in [3.05, 3.63) is 84.0 Å². The van der Waals surface area contributed by atoms with Gasteiger partial charge in [-0.1, -0.05) is 113 Å². The van der Waals surface area contributed by atoms with Crippen molar-refractivity contribution in [3.8, 4) is 0 Å². The monoisotopic (exact) mass is 464 g/mol. The summed E-state index contributed by atoms with van der Waals surface area (Å²) in [5, 5.41) is 2.56. The third-order valence-corrected chi connectivity index (χ3v) is 11.2. The van der Waals surface area contributed by atoms with Gasteiger partial charge in [-0.05, 0) is 41.1 Å². The second-order valence-corrected chi connectivity index (χ2v) is 13.6. The molecule has 0 unspecified atom stereocenters. The van der Waals surface area contributed by atoms with Crippen molar-refractivity contribution in [1.29, 1.82) is 0 Å². The van der Waals surface area contributed by atoms with Crippen LogP contribution < -0.4 is 10.4 Å². The molecular formula is C29H40O3Si. The van der Waals surface area contributed by atoms with Gasteiger partial charge in [-0.15, -0.1) is 0 Å². The molecule has 0 saturated heterocycles. The van der Waals surface area contributed by atoms with Gasteiger partial charge >= 0.3 is 5.97 Å². The molecule has 2 rings (SSSR count). The van der Waals surface area contributed by atoms with Gasteiger partial charge in [0.25, 0.3) is 8.32 Å². The highest BCUT2D eigenvalue weighted by Crippen LogP contribution is 2.36. The standard InChI is InChI=1S/C29H40O3Si/c1-7-24(16-15-17-25(8-2)28(30)31-6)22-23-32-33(29(3,4)5,26-18-11-9-12-19-26)27-20-13-10-14-21-27/h9-14,17-22H,7-8,15-16,23H2,1-6H3/b24-22+,25-17+. The Hall–Kier alpha value is -2.43. The molecule has 0 bridgehead atoms. The molecule has 0 heterocycles. The summed E-state index contributed by atoms with van der Waals surface area (Å²) in [5.74, 6) is -0.227. The molecular weight excluding hydrogens is 424 g/mol. The number of methoxy groups -OCH3 is 1. The lowest BCUT2D eigenvalue weighted by atomic mass is 10.1. The maximum absolute atomic E-state index is 11.8. The summed E-state index contributed by atoms with van der Waals surface area (Å²) in [6.07, 6.45) is 7.67. The van der Waals surface area contributed by atoms with Crippen LogP contribution in [-0.2, 0) is 14.0 Å². The molecule has 2 aromatic carbocycles. The zero-order valence-corrected chi connectivity index (χ0v) is 22.2. The minimum atomic E-state index is -2.52. The Morgan fingerprint density at radius 1 is 0.879 bits per heavy atom. The fourth-order valence-corrected chi connectivity index (χ4v) is 8.89. The average molecular weight is 465 g/mol. The summed E-state index contributed by atoms with van der Waals surface area (Å²) in [6, 6.07) is 21.5. The molecule has 178 valence electrons. The average Bonchev–Trinajstić information content (AvgIpc) is 2.83. The Morgan fingerprint density at radius 2 is 1.42 bits per heavy atom. The molecule has 2 aromatic rings. The maximum atomic E-state index is 11.8. The number of carbonyl (C=O) groups is 1. The van der Waals surface area contributed by atoms with Crippen LogP contribution in [0, 0.1) is 0 Å². The van der Waals surface area contributed by atoms with E-state index in [0.29, 0.717) is 13.0 Å². The van der Waals surface area contributed by atoms with Crippen molar-refractivity contribution >= 4 is 24.7 Å². The number of rotatable bonds is 11. The number of carbonyl (C=O) groups excluding carboxylic acids is 1. The third-order valence-electron chi connectivity index (χ3n) is 6.23. The van der Waals surface area contributed by atoms with Gasteiger partial charge in [-0.2, -0.15) is 0 Å². The molecule has 4 heteroatoms. The smallest absolute Gasteiger partial charge is 0.333 e. The lowest BCUT2D eigenvalue weighted by Gasteiger charge is -2.42. The second-order valence-electron chi connectivity index (χ2n) is 9.30. The van der Waals surface area contributed by atoms with Gasteiger partial charge in [-0.3, -0.25) is 0 Å². The van der Waals surface area contributed by atoms with E-state index in [9.17, 15) is 4.79 Å². The van der Waals surface area contributed by atoms with Crippen LogP contribution in [-0.4, -0.2) is 28.0 Å².